The molecule has 5 heteroatoms. The molecule has 174 valence electrons. The van der Waals surface area contributed by atoms with E-state index in [1.807, 2.05) is 65.6 Å². The van der Waals surface area contributed by atoms with Gasteiger partial charge in [0.25, 0.3) is 11.8 Å². The summed E-state index contributed by atoms with van der Waals surface area (Å²) in [6.07, 6.45) is 5.59. The van der Waals surface area contributed by atoms with Gasteiger partial charge in [-0.15, -0.1) is 0 Å². The number of rotatable bonds is 5. The summed E-state index contributed by atoms with van der Waals surface area (Å²) in [5.74, 6) is -0.102. The normalized spacial score (nSPS) is 15.9. The molecule has 5 nitrogen and oxygen atoms in total. The number of hydrogen-bond acceptors (Lipinski definition) is 3. The molecule has 0 unspecified atom stereocenters. The molecule has 2 aliphatic rings. The lowest BCUT2D eigenvalue weighted by Crippen LogP contribution is -2.36. The lowest BCUT2D eigenvalue weighted by atomic mass is 10.0. The summed E-state index contributed by atoms with van der Waals surface area (Å²) in [5, 5.41) is 3.01. The molecule has 0 spiro atoms. The number of carbonyl (C=O) groups excluding carboxylic acids is 2. The van der Waals surface area contributed by atoms with Crippen molar-refractivity contribution in [1.82, 2.24) is 4.90 Å². The van der Waals surface area contributed by atoms with E-state index in [0.29, 0.717) is 16.8 Å². The molecular weight excluding hydrogens is 422 g/mol. The molecule has 3 aromatic rings. The standard InChI is InChI=1S/C29H31N3O2/c33-28(24-13-11-23(12-14-24)22-9-3-1-4-10-22)30-25-15-16-27(31-17-7-8-18-31)26(21-25)29(34)32-19-5-2-6-20-32/h1,3-4,9-16,21H,2,5-8,17-20H2,(H,30,33). The maximum Gasteiger partial charge on any atom is 0.256 e. The summed E-state index contributed by atoms with van der Waals surface area (Å²) >= 11 is 0. The maximum atomic E-state index is 13.4. The fraction of sp³-hybridized carbons (Fsp3) is 0.310. The van der Waals surface area contributed by atoms with Crippen LogP contribution in [0.15, 0.2) is 72.8 Å². The van der Waals surface area contributed by atoms with Crippen LogP contribution in [0.5, 0.6) is 0 Å². The van der Waals surface area contributed by atoms with Crippen LogP contribution >= 0.6 is 0 Å². The molecule has 0 radical (unpaired) electrons. The number of anilines is 2. The number of nitrogens with zero attached hydrogens (tertiary/aromatic N) is 2. The Bertz CT molecular complexity index is 1150. The van der Waals surface area contributed by atoms with Crippen LogP contribution in [-0.2, 0) is 0 Å². The molecule has 2 saturated heterocycles. The second kappa shape index (κ2) is 10.1. The Balaban J connectivity index is 1.36. The van der Waals surface area contributed by atoms with Crippen LogP contribution < -0.4 is 10.2 Å². The quantitative estimate of drug-likeness (QED) is 0.529. The Morgan fingerprint density at radius 2 is 1.32 bits per heavy atom. The Morgan fingerprint density at radius 3 is 2.03 bits per heavy atom. The first-order chi connectivity index (χ1) is 16.7. The maximum absolute atomic E-state index is 13.4. The second-order valence-corrected chi connectivity index (χ2v) is 9.18. The molecule has 0 atom stereocenters. The molecule has 34 heavy (non-hydrogen) atoms. The highest BCUT2D eigenvalue weighted by Crippen LogP contribution is 2.30. The van der Waals surface area contributed by atoms with Gasteiger partial charge < -0.3 is 15.1 Å². The first kappa shape index (κ1) is 22.2. The van der Waals surface area contributed by atoms with E-state index in [1.54, 1.807) is 0 Å². The van der Waals surface area contributed by atoms with E-state index in [4.69, 9.17) is 0 Å². The van der Waals surface area contributed by atoms with Crippen molar-refractivity contribution in [1.29, 1.82) is 0 Å². The predicted octanol–water partition coefficient (Wildman–Crippen LogP) is 5.83. The summed E-state index contributed by atoms with van der Waals surface area (Å²) in [6, 6.07) is 23.5. The summed E-state index contributed by atoms with van der Waals surface area (Å²) in [4.78, 5) is 30.7. The topological polar surface area (TPSA) is 52.7 Å². The molecule has 0 bridgehead atoms. The third kappa shape index (κ3) is 4.84. The van der Waals surface area contributed by atoms with Crippen LogP contribution in [0.2, 0.25) is 0 Å². The Labute approximate surface area is 201 Å². The second-order valence-electron chi connectivity index (χ2n) is 9.18. The zero-order chi connectivity index (χ0) is 23.3. The number of benzene rings is 3. The molecule has 1 N–H and O–H groups in total. The predicted molar refractivity (Wildman–Crippen MR) is 137 cm³/mol. The first-order valence-corrected chi connectivity index (χ1v) is 12.3. The Hall–Kier alpha value is -3.60. The molecular formula is C29H31N3O2. The van der Waals surface area contributed by atoms with Crippen molar-refractivity contribution in [3.05, 3.63) is 83.9 Å². The van der Waals surface area contributed by atoms with Crippen LogP contribution in [0.4, 0.5) is 11.4 Å². The molecule has 0 aromatic heterocycles. The lowest BCUT2D eigenvalue weighted by Gasteiger charge is -2.29. The third-order valence-corrected chi connectivity index (χ3v) is 6.83. The van der Waals surface area contributed by atoms with Crippen molar-refractivity contribution in [2.24, 2.45) is 0 Å². The van der Waals surface area contributed by atoms with Crippen molar-refractivity contribution in [3.63, 3.8) is 0 Å². The number of likely N-dealkylation sites (tertiary alicyclic amines) is 1. The van der Waals surface area contributed by atoms with Gasteiger partial charge in [-0.05, 0) is 73.6 Å². The van der Waals surface area contributed by atoms with E-state index in [9.17, 15) is 9.59 Å². The van der Waals surface area contributed by atoms with E-state index in [0.717, 1.165) is 68.7 Å². The molecule has 2 amide bonds. The lowest BCUT2D eigenvalue weighted by molar-refractivity contribution is 0.0724. The van der Waals surface area contributed by atoms with Gasteiger partial charge in [-0.25, -0.2) is 0 Å². The van der Waals surface area contributed by atoms with Crippen molar-refractivity contribution >= 4 is 23.2 Å². The van der Waals surface area contributed by atoms with Gasteiger partial charge in [0.1, 0.15) is 0 Å². The van der Waals surface area contributed by atoms with Crippen LogP contribution in [0.25, 0.3) is 11.1 Å². The van der Waals surface area contributed by atoms with Gasteiger partial charge >= 0.3 is 0 Å². The van der Waals surface area contributed by atoms with E-state index in [2.05, 4.69) is 22.3 Å². The van der Waals surface area contributed by atoms with Crippen molar-refractivity contribution in [3.8, 4) is 11.1 Å². The van der Waals surface area contributed by atoms with Gasteiger partial charge in [-0.3, -0.25) is 9.59 Å². The average Bonchev–Trinajstić information content (AvgIpc) is 3.44. The number of piperidine rings is 1. The Kier molecular flexibility index (Phi) is 6.61. The van der Waals surface area contributed by atoms with Crippen LogP contribution in [-0.4, -0.2) is 42.9 Å². The molecule has 2 fully saturated rings. The highest BCUT2D eigenvalue weighted by Gasteiger charge is 2.25. The molecule has 2 heterocycles. The molecule has 5 rings (SSSR count). The van der Waals surface area contributed by atoms with Gasteiger partial charge in [0, 0.05) is 43.1 Å². The summed E-state index contributed by atoms with van der Waals surface area (Å²) in [5.41, 5.74) is 5.11. The van der Waals surface area contributed by atoms with E-state index < -0.39 is 0 Å². The van der Waals surface area contributed by atoms with Crippen LogP contribution in [0.1, 0.15) is 52.8 Å². The fourth-order valence-electron chi connectivity index (χ4n) is 4.93. The van der Waals surface area contributed by atoms with Crippen LogP contribution in [0.3, 0.4) is 0 Å². The first-order valence-electron chi connectivity index (χ1n) is 12.3. The van der Waals surface area contributed by atoms with Crippen molar-refractivity contribution < 1.29 is 9.59 Å². The minimum absolute atomic E-state index is 0.0740. The van der Waals surface area contributed by atoms with E-state index >= 15 is 0 Å². The number of hydrogen-bond donors (Lipinski definition) is 1. The molecule has 2 aliphatic heterocycles. The zero-order valence-electron chi connectivity index (χ0n) is 19.5. The average molecular weight is 454 g/mol. The fourth-order valence-corrected chi connectivity index (χ4v) is 4.93. The van der Waals surface area contributed by atoms with Crippen LogP contribution in [0, 0.1) is 0 Å². The van der Waals surface area contributed by atoms with Gasteiger partial charge in [0.05, 0.1) is 5.56 Å². The smallest absolute Gasteiger partial charge is 0.256 e. The largest absolute Gasteiger partial charge is 0.371 e. The SMILES string of the molecule is O=C(Nc1ccc(N2CCCC2)c(C(=O)N2CCCCC2)c1)c1ccc(-c2ccccc2)cc1. The molecule has 0 saturated carbocycles. The monoisotopic (exact) mass is 453 g/mol. The summed E-state index contributed by atoms with van der Waals surface area (Å²) in [6.45, 7) is 3.56. The van der Waals surface area contributed by atoms with Gasteiger partial charge in [-0.1, -0.05) is 42.5 Å². The zero-order valence-corrected chi connectivity index (χ0v) is 19.5. The number of carbonyl (C=O) groups is 2. The Morgan fingerprint density at radius 1 is 0.676 bits per heavy atom. The molecule has 0 aliphatic carbocycles. The summed E-state index contributed by atoms with van der Waals surface area (Å²) < 4.78 is 0. The number of nitrogens with one attached hydrogen (secondary N) is 1. The minimum atomic E-state index is -0.176. The van der Waals surface area contributed by atoms with Gasteiger partial charge in [0.2, 0.25) is 0 Å². The van der Waals surface area contributed by atoms with E-state index in [-0.39, 0.29) is 11.8 Å². The molecule has 3 aromatic carbocycles. The highest BCUT2D eigenvalue weighted by molar-refractivity contribution is 6.06. The third-order valence-electron chi connectivity index (χ3n) is 6.83. The number of amides is 2. The minimum Gasteiger partial charge on any atom is -0.371 e. The summed E-state index contributed by atoms with van der Waals surface area (Å²) in [7, 11) is 0. The van der Waals surface area contributed by atoms with Crippen molar-refractivity contribution in [2.75, 3.05) is 36.4 Å². The van der Waals surface area contributed by atoms with Gasteiger partial charge in [0.15, 0.2) is 0 Å². The van der Waals surface area contributed by atoms with Crippen molar-refractivity contribution in [2.45, 2.75) is 32.1 Å². The van der Waals surface area contributed by atoms with Gasteiger partial charge in [-0.2, -0.15) is 0 Å². The highest BCUT2D eigenvalue weighted by atomic mass is 16.2. The van der Waals surface area contributed by atoms with E-state index in [1.165, 1.54) is 6.42 Å².